The molecule has 1 fully saturated rings. The van der Waals surface area contributed by atoms with Crippen LogP contribution in [-0.4, -0.2) is 37.7 Å². The summed E-state index contributed by atoms with van der Waals surface area (Å²) in [5.41, 5.74) is 1.49. The van der Waals surface area contributed by atoms with Crippen LogP contribution in [0.1, 0.15) is 35.1 Å². The topological polar surface area (TPSA) is 24.5 Å². The lowest BCUT2D eigenvalue weighted by atomic mass is 10.1. The fourth-order valence-corrected chi connectivity index (χ4v) is 3.84. The minimum absolute atomic E-state index is 0.439. The minimum atomic E-state index is 0.439. The molecular formula is C15H26N2OS. The van der Waals surface area contributed by atoms with Crippen LogP contribution in [0.3, 0.4) is 0 Å². The Kier molecular flexibility index (Phi) is 5.82. The Morgan fingerprint density at radius 1 is 1.53 bits per heavy atom. The number of aryl methyl sites for hydroxylation is 1. The van der Waals surface area contributed by atoms with Crippen molar-refractivity contribution in [3.8, 4) is 0 Å². The van der Waals surface area contributed by atoms with Crippen molar-refractivity contribution in [1.82, 2.24) is 10.2 Å². The maximum atomic E-state index is 5.78. The predicted octanol–water partition coefficient (Wildman–Crippen LogP) is 2.78. The Bertz CT molecular complexity index is 389. The molecule has 4 heteroatoms. The standard InChI is InChI=1S/C15H26N2OS/c1-4-18-14-6-5-7-17(11-14)10-13-8-15(9-16-3)19-12(13)2/h8,14,16H,4-7,9-11H2,1-3H3. The van der Waals surface area contributed by atoms with Crippen LogP contribution < -0.4 is 5.32 Å². The van der Waals surface area contributed by atoms with Gasteiger partial charge in [-0.25, -0.2) is 0 Å². The zero-order chi connectivity index (χ0) is 13.7. The van der Waals surface area contributed by atoms with Gasteiger partial charge < -0.3 is 10.1 Å². The molecule has 19 heavy (non-hydrogen) atoms. The highest BCUT2D eigenvalue weighted by molar-refractivity contribution is 7.12. The Balaban J connectivity index is 1.92. The molecule has 0 aromatic carbocycles. The van der Waals surface area contributed by atoms with Crippen molar-refractivity contribution in [3.63, 3.8) is 0 Å². The lowest BCUT2D eigenvalue weighted by Gasteiger charge is -2.32. The van der Waals surface area contributed by atoms with Gasteiger partial charge in [0, 0.05) is 36.0 Å². The fraction of sp³-hybridized carbons (Fsp3) is 0.733. The van der Waals surface area contributed by atoms with Crippen LogP contribution in [0, 0.1) is 6.92 Å². The van der Waals surface area contributed by atoms with Gasteiger partial charge in [0.15, 0.2) is 0 Å². The van der Waals surface area contributed by atoms with E-state index in [1.807, 2.05) is 18.4 Å². The second-order valence-corrected chi connectivity index (χ2v) is 6.62. The summed E-state index contributed by atoms with van der Waals surface area (Å²) in [6, 6.07) is 2.36. The largest absolute Gasteiger partial charge is 0.377 e. The molecule has 1 saturated heterocycles. The molecule has 3 nitrogen and oxygen atoms in total. The molecule has 1 aromatic rings. The molecule has 0 aliphatic carbocycles. The molecule has 1 atom stereocenters. The summed E-state index contributed by atoms with van der Waals surface area (Å²) in [6.45, 7) is 9.52. The number of nitrogens with zero attached hydrogens (tertiary/aromatic N) is 1. The first kappa shape index (κ1) is 15.0. The van der Waals surface area contributed by atoms with Gasteiger partial charge in [0.1, 0.15) is 0 Å². The Labute approximate surface area is 121 Å². The van der Waals surface area contributed by atoms with E-state index in [2.05, 4.69) is 30.1 Å². The highest BCUT2D eigenvalue weighted by atomic mass is 32.1. The summed E-state index contributed by atoms with van der Waals surface area (Å²) in [5, 5.41) is 3.23. The Morgan fingerprint density at radius 2 is 2.37 bits per heavy atom. The van der Waals surface area contributed by atoms with E-state index in [0.717, 1.165) is 26.2 Å². The summed E-state index contributed by atoms with van der Waals surface area (Å²) < 4.78 is 5.78. The number of piperidine rings is 1. The van der Waals surface area contributed by atoms with E-state index in [9.17, 15) is 0 Å². The first-order chi connectivity index (χ1) is 9.22. The Hall–Kier alpha value is -0.420. The molecule has 1 aliphatic heterocycles. The third kappa shape index (κ3) is 4.28. The SMILES string of the molecule is CCOC1CCCN(Cc2cc(CNC)sc2C)C1. The van der Waals surface area contributed by atoms with Crippen LogP contribution >= 0.6 is 11.3 Å². The predicted molar refractivity (Wildman–Crippen MR) is 81.7 cm³/mol. The Morgan fingerprint density at radius 3 is 3.11 bits per heavy atom. The van der Waals surface area contributed by atoms with Crippen LogP contribution in [0.25, 0.3) is 0 Å². The molecule has 0 spiro atoms. The fourth-order valence-electron chi connectivity index (χ4n) is 2.78. The van der Waals surface area contributed by atoms with Crippen molar-refractivity contribution in [3.05, 3.63) is 21.4 Å². The summed E-state index contributed by atoms with van der Waals surface area (Å²) in [5.74, 6) is 0. The summed E-state index contributed by atoms with van der Waals surface area (Å²) >= 11 is 1.92. The van der Waals surface area contributed by atoms with Crippen LogP contribution in [0.4, 0.5) is 0 Å². The van der Waals surface area contributed by atoms with E-state index in [0.29, 0.717) is 6.10 Å². The zero-order valence-corrected chi connectivity index (χ0v) is 13.2. The van der Waals surface area contributed by atoms with E-state index < -0.39 is 0 Å². The number of rotatable bonds is 6. The van der Waals surface area contributed by atoms with Crippen molar-refractivity contribution >= 4 is 11.3 Å². The number of hydrogen-bond donors (Lipinski definition) is 1. The van der Waals surface area contributed by atoms with Crippen molar-refractivity contribution in [2.24, 2.45) is 0 Å². The van der Waals surface area contributed by atoms with Crippen molar-refractivity contribution < 1.29 is 4.74 Å². The number of nitrogens with one attached hydrogen (secondary N) is 1. The molecular weight excluding hydrogens is 256 g/mol. The molecule has 1 N–H and O–H groups in total. The molecule has 0 saturated carbocycles. The third-order valence-electron chi connectivity index (χ3n) is 3.68. The monoisotopic (exact) mass is 282 g/mol. The third-order valence-corrected chi connectivity index (χ3v) is 4.77. The van der Waals surface area contributed by atoms with Gasteiger partial charge >= 0.3 is 0 Å². The van der Waals surface area contributed by atoms with Gasteiger partial charge in [0.25, 0.3) is 0 Å². The molecule has 1 aliphatic rings. The van der Waals surface area contributed by atoms with Crippen molar-refractivity contribution in [1.29, 1.82) is 0 Å². The smallest absolute Gasteiger partial charge is 0.0702 e. The van der Waals surface area contributed by atoms with Gasteiger partial charge in [0.2, 0.25) is 0 Å². The van der Waals surface area contributed by atoms with E-state index in [-0.39, 0.29) is 0 Å². The molecule has 0 radical (unpaired) electrons. The molecule has 0 amide bonds. The van der Waals surface area contributed by atoms with Crippen molar-refractivity contribution in [2.45, 2.75) is 45.9 Å². The number of likely N-dealkylation sites (tertiary alicyclic amines) is 1. The molecule has 1 aromatic heterocycles. The van der Waals surface area contributed by atoms with E-state index in [1.165, 1.54) is 34.7 Å². The summed E-state index contributed by atoms with van der Waals surface area (Å²) in [4.78, 5) is 5.44. The van der Waals surface area contributed by atoms with Gasteiger partial charge in [-0.1, -0.05) is 0 Å². The van der Waals surface area contributed by atoms with Crippen LogP contribution in [0.15, 0.2) is 6.07 Å². The first-order valence-electron chi connectivity index (χ1n) is 7.29. The highest BCUT2D eigenvalue weighted by Crippen LogP contribution is 2.24. The summed E-state index contributed by atoms with van der Waals surface area (Å²) in [6.07, 6.45) is 2.92. The summed E-state index contributed by atoms with van der Waals surface area (Å²) in [7, 11) is 2.01. The molecule has 108 valence electrons. The van der Waals surface area contributed by atoms with Crippen LogP contribution in [0.2, 0.25) is 0 Å². The zero-order valence-electron chi connectivity index (χ0n) is 12.4. The van der Waals surface area contributed by atoms with Crippen molar-refractivity contribution in [2.75, 3.05) is 26.7 Å². The molecule has 0 bridgehead atoms. The number of ether oxygens (including phenoxy) is 1. The molecule has 2 rings (SSSR count). The maximum Gasteiger partial charge on any atom is 0.0702 e. The van der Waals surface area contributed by atoms with E-state index in [4.69, 9.17) is 4.74 Å². The van der Waals surface area contributed by atoms with Gasteiger partial charge in [-0.15, -0.1) is 11.3 Å². The minimum Gasteiger partial charge on any atom is -0.377 e. The number of thiophene rings is 1. The van der Waals surface area contributed by atoms with Crippen LogP contribution in [0.5, 0.6) is 0 Å². The quantitative estimate of drug-likeness (QED) is 0.868. The maximum absolute atomic E-state index is 5.78. The van der Waals surface area contributed by atoms with E-state index in [1.54, 1.807) is 0 Å². The van der Waals surface area contributed by atoms with Gasteiger partial charge in [-0.2, -0.15) is 0 Å². The molecule has 1 unspecified atom stereocenters. The number of hydrogen-bond acceptors (Lipinski definition) is 4. The normalized spacial score (nSPS) is 20.9. The lowest BCUT2D eigenvalue weighted by Crippen LogP contribution is -2.39. The van der Waals surface area contributed by atoms with Gasteiger partial charge in [-0.05, 0) is 51.9 Å². The van der Waals surface area contributed by atoms with Gasteiger partial charge in [-0.3, -0.25) is 4.90 Å². The average molecular weight is 282 g/mol. The second-order valence-electron chi connectivity index (χ2n) is 5.28. The highest BCUT2D eigenvalue weighted by Gasteiger charge is 2.20. The lowest BCUT2D eigenvalue weighted by molar-refractivity contribution is 0.00362. The first-order valence-corrected chi connectivity index (χ1v) is 8.11. The second kappa shape index (κ2) is 7.39. The van der Waals surface area contributed by atoms with E-state index >= 15 is 0 Å². The van der Waals surface area contributed by atoms with Crippen LogP contribution in [-0.2, 0) is 17.8 Å². The molecule has 2 heterocycles. The average Bonchev–Trinajstić information content (AvgIpc) is 2.71. The van der Waals surface area contributed by atoms with Gasteiger partial charge in [0.05, 0.1) is 6.10 Å².